The molecule has 0 radical (unpaired) electrons. The monoisotopic (exact) mass is 1800 g/mol. The summed E-state index contributed by atoms with van der Waals surface area (Å²) in [7, 11) is -2.43. The number of hydrogen-bond donors (Lipinski definition) is 4. The average molecular weight is 1800 g/mol. The Morgan fingerprint density at radius 2 is 0.379 bits per heavy atom. The summed E-state index contributed by atoms with van der Waals surface area (Å²) >= 11 is 0. The van der Waals surface area contributed by atoms with E-state index in [4.69, 9.17) is 56.8 Å². The fourth-order valence-corrected chi connectivity index (χ4v) is 21.8. The molecule has 0 saturated carbocycles. The maximum absolute atomic E-state index is 13.6. The van der Waals surface area contributed by atoms with Gasteiger partial charge in [0.2, 0.25) is 40.1 Å². The third-order valence-corrected chi connectivity index (χ3v) is 30.9. The molecule has 4 aliphatic rings. The molecule has 0 unspecified atom stereocenters. The van der Waals surface area contributed by atoms with Gasteiger partial charge in [-0.15, -0.1) is 0 Å². The summed E-state index contributed by atoms with van der Waals surface area (Å²) in [4.78, 5) is 0. The van der Waals surface area contributed by atoms with E-state index in [1.807, 2.05) is 194 Å². The van der Waals surface area contributed by atoms with Crippen molar-refractivity contribution < 1.29 is 111 Å². The lowest BCUT2D eigenvalue weighted by atomic mass is 10.1. The van der Waals surface area contributed by atoms with Gasteiger partial charge in [0.15, 0.2) is 0 Å². The fraction of sp³-hybridized carbons (Fsp3) is 0.478. The summed E-state index contributed by atoms with van der Waals surface area (Å²) in [6.07, 6.45) is 7.63. The molecule has 12 rings (SSSR count). The van der Waals surface area contributed by atoms with E-state index in [0.717, 1.165) is 95.9 Å². The van der Waals surface area contributed by atoms with Gasteiger partial charge >= 0.3 is 0 Å². The number of methoxy groups -OCH3 is 8. The molecule has 0 aromatic heterocycles. The number of ether oxygens (including phenoxy) is 12. The van der Waals surface area contributed by atoms with Crippen LogP contribution >= 0.6 is 0 Å². The molecule has 8 aromatic carbocycles. The first-order valence-corrected chi connectivity index (χ1v) is 47.7. The van der Waals surface area contributed by atoms with E-state index in [2.05, 4.69) is 0 Å². The van der Waals surface area contributed by atoms with Gasteiger partial charge in [-0.3, -0.25) is 0 Å². The number of aliphatic hydroxyl groups is 4. The Bertz CT molecular complexity index is 4050. The fourth-order valence-electron chi connectivity index (χ4n) is 14.9. The number of sulfonamides is 4. The first-order valence-electron chi connectivity index (χ1n) is 41.7. The minimum absolute atomic E-state index is 0.129. The van der Waals surface area contributed by atoms with Crippen LogP contribution in [-0.2, 0) is 111 Å². The SMILES string of the molecule is COc1ccc(CN(Cc2ccc(OC)cc2)S(=O)(=O)[C@@H](CO)C[C@@H]2CCCO2)cc1.COc1ccc(CN(Cc2ccc(OC)cc2)S(=O)(=O)[C@@H](CO)C[C@H]2CCCO2)cc1.COc1ccc(CN(Cc2ccc(OC)cc2)S(=O)(=O)[C@H](CO)C[C@@H]2CCCO2)cc1.COc1ccc(CN(Cc2ccc(OC)cc2)S(=O)(=O)[C@H](CO)C[C@H]2CCCO2)cc1. The highest BCUT2D eigenvalue weighted by Gasteiger charge is 2.40. The second-order valence-corrected chi connectivity index (χ2v) is 39.6. The maximum Gasteiger partial charge on any atom is 0.219 e. The first-order chi connectivity index (χ1) is 59.8. The predicted molar refractivity (Wildman–Crippen MR) is 474 cm³/mol. The zero-order valence-corrected chi connectivity index (χ0v) is 75.5. The lowest BCUT2D eigenvalue weighted by molar-refractivity contribution is 0.0969. The van der Waals surface area contributed by atoms with E-state index in [1.165, 1.54) is 17.2 Å². The van der Waals surface area contributed by atoms with Gasteiger partial charge in [0, 0.05) is 78.8 Å². The van der Waals surface area contributed by atoms with Gasteiger partial charge in [-0.2, -0.15) is 17.2 Å². The molecule has 32 heteroatoms. The van der Waals surface area contributed by atoms with E-state index in [9.17, 15) is 54.1 Å². The summed E-state index contributed by atoms with van der Waals surface area (Å²) in [5.41, 5.74) is 6.72. The van der Waals surface area contributed by atoms with Gasteiger partial charge in [0.25, 0.3) is 0 Å². The molecule has 8 aromatic rings. The van der Waals surface area contributed by atoms with Gasteiger partial charge in [0.1, 0.15) is 67.0 Å². The molecule has 4 aliphatic heterocycles. The van der Waals surface area contributed by atoms with E-state index in [-0.39, 0.29) is 76.8 Å². The molecular weight excluding hydrogens is 1670 g/mol. The molecule has 4 fully saturated rings. The number of hydrogen-bond acceptors (Lipinski definition) is 24. The summed E-state index contributed by atoms with van der Waals surface area (Å²) in [6, 6.07) is 58.6. The Kier molecular flexibility index (Phi) is 40.1. The molecule has 0 aliphatic carbocycles. The van der Waals surface area contributed by atoms with Crippen molar-refractivity contribution in [1.82, 2.24) is 17.2 Å². The number of rotatable bonds is 44. The second kappa shape index (κ2) is 50.1. The zero-order chi connectivity index (χ0) is 89.1. The third kappa shape index (κ3) is 29.8. The van der Waals surface area contributed by atoms with Crippen LogP contribution in [0.25, 0.3) is 0 Å². The Morgan fingerprint density at radius 3 is 0.476 bits per heavy atom. The van der Waals surface area contributed by atoms with Gasteiger partial charge in [-0.05, 0) is 219 Å². The van der Waals surface area contributed by atoms with Crippen LogP contribution in [0.15, 0.2) is 194 Å². The standard InChI is InChI=1S/4C23H31NO6S/c4*1-28-20-9-5-18(6-10-20)15-24(16-19-7-11-21(29-2)12-8-19)31(26,27)23(17-25)14-22-4-3-13-30-22/h4*5-12,22-23,25H,3-4,13-17H2,1-2H3/t2*22-,23+;2*22-,23-/m1010/s1. The quantitative estimate of drug-likeness (QED) is 0.0276. The van der Waals surface area contributed by atoms with Crippen molar-refractivity contribution in [3.8, 4) is 46.0 Å². The molecule has 0 spiro atoms. The largest absolute Gasteiger partial charge is 0.497 e. The van der Waals surface area contributed by atoms with Crippen LogP contribution in [0.1, 0.15) is 122 Å². The van der Waals surface area contributed by atoms with E-state index < -0.39 is 87.5 Å². The van der Waals surface area contributed by atoms with Crippen molar-refractivity contribution in [2.45, 2.75) is 175 Å². The second-order valence-electron chi connectivity index (χ2n) is 30.7. The van der Waals surface area contributed by atoms with Crippen LogP contribution < -0.4 is 37.9 Å². The predicted octanol–water partition coefficient (Wildman–Crippen LogP) is 11.9. The van der Waals surface area contributed by atoms with Crippen molar-refractivity contribution >= 4 is 40.1 Å². The molecule has 0 amide bonds. The first kappa shape index (κ1) is 99.3. The van der Waals surface area contributed by atoms with Crippen molar-refractivity contribution in [1.29, 1.82) is 0 Å². The van der Waals surface area contributed by atoms with Crippen LogP contribution in [0.4, 0.5) is 0 Å². The molecule has 28 nitrogen and oxygen atoms in total. The van der Waals surface area contributed by atoms with E-state index in [1.54, 1.807) is 56.9 Å². The van der Waals surface area contributed by atoms with Crippen LogP contribution in [0, 0.1) is 0 Å². The number of aliphatic hydroxyl groups excluding tert-OH is 4. The Hall–Kier alpha value is -8.52. The van der Waals surface area contributed by atoms with Crippen molar-refractivity contribution in [3.63, 3.8) is 0 Å². The molecule has 680 valence electrons. The minimum atomic E-state index is -3.79. The smallest absolute Gasteiger partial charge is 0.219 e. The zero-order valence-electron chi connectivity index (χ0n) is 72.3. The Labute approximate surface area is 733 Å². The lowest BCUT2D eigenvalue weighted by Crippen LogP contribution is -2.41. The van der Waals surface area contributed by atoms with Crippen molar-refractivity contribution in [2.24, 2.45) is 0 Å². The molecule has 4 N–H and O–H groups in total. The highest BCUT2D eigenvalue weighted by molar-refractivity contribution is 7.90. The van der Waals surface area contributed by atoms with Gasteiger partial charge in [0.05, 0.1) is 108 Å². The van der Waals surface area contributed by atoms with E-state index in [0.29, 0.717) is 98.1 Å². The topological polar surface area (TPSA) is 341 Å². The molecule has 4 heterocycles. The third-order valence-electron chi connectivity index (χ3n) is 22.3. The van der Waals surface area contributed by atoms with Crippen molar-refractivity contribution in [3.05, 3.63) is 239 Å². The van der Waals surface area contributed by atoms with Gasteiger partial charge < -0.3 is 77.3 Å². The van der Waals surface area contributed by atoms with E-state index >= 15 is 0 Å². The molecule has 4 saturated heterocycles. The lowest BCUT2D eigenvalue weighted by Gasteiger charge is -2.28. The Morgan fingerprint density at radius 1 is 0.250 bits per heavy atom. The summed E-state index contributed by atoms with van der Waals surface area (Å²) in [5.74, 6) is 5.67. The summed E-state index contributed by atoms with van der Waals surface area (Å²) < 4.78 is 178. The minimum Gasteiger partial charge on any atom is -0.497 e. The number of nitrogens with zero attached hydrogens (tertiary/aromatic N) is 4. The Balaban J connectivity index is 0.000000187. The van der Waals surface area contributed by atoms with Gasteiger partial charge in [-0.1, -0.05) is 97.1 Å². The average Bonchev–Trinajstić information content (AvgIpc) is 0.938. The highest BCUT2D eigenvalue weighted by atomic mass is 32.2. The number of benzene rings is 8. The van der Waals surface area contributed by atoms with Crippen LogP contribution in [0.3, 0.4) is 0 Å². The maximum atomic E-state index is 13.6. The molecular formula is C92H124N4O24S4. The molecule has 0 bridgehead atoms. The highest BCUT2D eigenvalue weighted by Crippen LogP contribution is 2.33. The summed E-state index contributed by atoms with van der Waals surface area (Å²) in [6.45, 7) is 2.37. The molecule has 8 atom stereocenters. The van der Waals surface area contributed by atoms with Crippen molar-refractivity contribution in [2.75, 3.05) is 110 Å². The van der Waals surface area contributed by atoms with Crippen LogP contribution in [-0.4, -0.2) is 226 Å². The molecule has 124 heavy (non-hydrogen) atoms. The van der Waals surface area contributed by atoms with Gasteiger partial charge in [-0.25, -0.2) is 33.7 Å². The van der Waals surface area contributed by atoms with Crippen LogP contribution in [0.5, 0.6) is 46.0 Å². The summed E-state index contributed by atoms with van der Waals surface area (Å²) in [5, 5.41) is 36.1. The van der Waals surface area contributed by atoms with Crippen LogP contribution in [0.2, 0.25) is 0 Å². The normalized spacial score (nSPS) is 17.6.